The molecule has 4 aliphatic rings. The number of fused-ring (bicyclic) bond motifs is 5. The van der Waals surface area contributed by atoms with Crippen LogP contribution < -0.4 is 0 Å². The van der Waals surface area contributed by atoms with Crippen molar-refractivity contribution in [2.75, 3.05) is 5.75 Å². The van der Waals surface area contributed by atoms with Crippen LogP contribution in [0.1, 0.15) is 107 Å². The van der Waals surface area contributed by atoms with Crippen LogP contribution in [0.2, 0.25) is 0 Å². The highest BCUT2D eigenvalue weighted by atomic mass is 32.2. The van der Waals surface area contributed by atoms with Gasteiger partial charge < -0.3 is 5.11 Å². The van der Waals surface area contributed by atoms with Crippen molar-refractivity contribution in [3.63, 3.8) is 0 Å². The number of aliphatic hydroxyl groups is 1. The summed E-state index contributed by atoms with van der Waals surface area (Å²) in [4.78, 5) is 0.469. The fourth-order valence-electron chi connectivity index (χ4n) is 10.5. The molecular formula is C34H58O3S. The summed E-state index contributed by atoms with van der Waals surface area (Å²) in [5, 5.41) is 10.3. The molecule has 0 spiro atoms. The van der Waals surface area contributed by atoms with E-state index < -0.39 is 9.84 Å². The topological polar surface area (TPSA) is 54.4 Å². The number of hydrogen-bond acceptors (Lipinski definition) is 3. The average Bonchev–Trinajstić information content (AvgIpc) is 3.12. The van der Waals surface area contributed by atoms with Gasteiger partial charge in [-0.15, -0.1) is 0 Å². The molecule has 1 aromatic carbocycles. The molecular weight excluding hydrogens is 488 g/mol. The summed E-state index contributed by atoms with van der Waals surface area (Å²) < 4.78 is 26.6. The summed E-state index contributed by atoms with van der Waals surface area (Å²) >= 11 is 0. The molecule has 0 saturated heterocycles. The maximum Gasteiger partial charge on any atom is 0.178 e. The van der Waals surface area contributed by atoms with Gasteiger partial charge in [-0.25, -0.2) is 8.42 Å². The molecule has 0 aromatic heterocycles. The van der Waals surface area contributed by atoms with E-state index in [1.807, 2.05) is 45.9 Å². The van der Waals surface area contributed by atoms with E-state index in [4.69, 9.17) is 0 Å². The minimum atomic E-state index is -3.28. The Morgan fingerprint density at radius 3 is 2.13 bits per heavy atom. The Balaban J connectivity index is 0.000000956. The van der Waals surface area contributed by atoms with Gasteiger partial charge in [-0.3, -0.25) is 0 Å². The predicted molar refractivity (Wildman–Crippen MR) is 161 cm³/mol. The quantitative estimate of drug-likeness (QED) is 0.411. The second-order valence-electron chi connectivity index (χ2n) is 13.4. The molecule has 0 aliphatic heterocycles. The van der Waals surface area contributed by atoms with Gasteiger partial charge in [0.25, 0.3) is 0 Å². The van der Waals surface area contributed by atoms with Crippen molar-refractivity contribution in [1.29, 1.82) is 0 Å². The van der Waals surface area contributed by atoms with Crippen molar-refractivity contribution in [2.45, 2.75) is 118 Å². The van der Waals surface area contributed by atoms with Crippen LogP contribution >= 0.6 is 0 Å². The van der Waals surface area contributed by atoms with Crippen LogP contribution in [0.25, 0.3) is 0 Å². The summed E-state index contributed by atoms with van der Waals surface area (Å²) in [6, 6.07) is 9.04. The fourth-order valence-corrected chi connectivity index (χ4v) is 12.2. The Kier molecular flexibility index (Phi) is 10.3. The fraction of sp³-hybridized carbons (Fsp3) is 0.824. The van der Waals surface area contributed by atoms with Crippen LogP contribution in [-0.4, -0.2) is 25.4 Å². The van der Waals surface area contributed by atoms with Crippen LogP contribution in [0.4, 0.5) is 0 Å². The Labute approximate surface area is 235 Å². The van der Waals surface area contributed by atoms with Crippen LogP contribution in [0, 0.1) is 58.2 Å². The average molecular weight is 547 g/mol. The van der Waals surface area contributed by atoms with Crippen molar-refractivity contribution >= 4 is 9.84 Å². The van der Waals surface area contributed by atoms with Gasteiger partial charge in [0.1, 0.15) is 0 Å². The normalized spacial score (nSPS) is 42.7. The first kappa shape index (κ1) is 31.7. The first-order chi connectivity index (χ1) is 18.0. The molecule has 5 rings (SSSR count). The van der Waals surface area contributed by atoms with Crippen LogP contribution in [0.15, 0.2) is 35.2 Å². The third-order valence-corrected chi connectivity index (χ3v) is 13.8. The predicted octanol–water partition coefficient (Wildman–Crippen LogP) is 8.66. The largest absolute Gasteiger partial charge is 0.393 e. The monoisotopic (exact) mass is 546 g/mol. The second-order valence-corrected chi connectivity index (χ2v) is 15.4. The van der Waals surface area contributed by atoms with Gasteiger partial charge in [0.05, 0.1) is 16.8 Å². The van der Waals surface area contributed by atoms with Crippen molar-refractivity contribution in [3.05, 3.63) is 30.3 Å². The van der Waals surface area contributed by atoms with Gasteiger partial charge in [0, 0.05) is 0 Å². The van der Waals surface area contributed by atoms with Gasteiger partial charge in [-0.2, -0.15) is 0 Å². The van der Waals surface area contributed by atoms with E-state index in [1.165, 1.54) is 32.1 Å². The van der Waals surface area contributed by atoms with Crippen molar-refractivity contribution in [2.24, 2.45) is 58.2 Å². The second kappa shape index (κ2) is 12.3. The van der Waals surface area contributed by atoms with E-state index in [1.54, 1.807) is 12.1 Å². The Morgan fingerprint density at radius 1 is 0.895 bits per heavy atom. The van der Waals surface area contributed by atoms with E-state index in [0.29, 0.717) is 39.9 Å². The van der Waals surface area contributed by atoms with E-state index >= 15 is 0 Å². The van der Waals surface area contributed by atoms with Gasteiger partial charge in [-0.05, 0) is 115 Å². The molecule has 4 heteroatoms. The van der Waals surface area contributed by atoms with Gasteiger partial charge in [0.15, 0.2) is 9.84 Å². The number of hydrogen-bond donors (Lipinski definition) is 1. The minimum absolute atomic E-state index is 0.0919. The first-order valence-corrected chi connectivity index (χ1v) is 17.6. The molecule has 38 heavy (non-hydrogen) atoms. The lowest BCUT2D eigenvalue weighted by molar-refractivity contribution is -0.134. The van der Waals surface area contributed by atoms with Crippen LogP contribution in [0.5, 0.6) is 0 Å². The number of aliphatic hydroxyl groups excluding tert-OH is 1. The molecule has 1 N–H and O–H groups in total. The summed E-state index contributed by atoms with van der Waals surface area (Å²) in [5.41, 5.74) is 0.607. The zero-order chi connectivity index (χ0) is 28.5. The molecule has 0 radical (unpaired) electrons. The smallest absolute Gasteiger partial charge is 0.178 e. The highest BCUT2D eigenvalue weighted by Crippen LogP contribution is 2.70. The Morgan fingerprint density at radius 2 is 1.50 bits per heavy atom. The van der Waals surface area contributed by atoms with Gasteiger partial charge >= 0.3 is 0 Å². The molecule has 4 aliphatic carbocycles. The lowest BCUT2D eigenvalue weighted by atomic mass is 9.44. The van der Waals surface area contributed by atoms with Crippen molar-refractivity contribution in [1.82, 2.24) is 0 Å². The van der Waals surface area contributed by atoms with E-state index in [2.05, 4.69) is 34.6 Å². The highest BCUT2D eigenvalue weighted by Gasteiger charge is 2.64. The van der Waals surface area contributed by atoms with Crippen LogP contribution in [0.3, 0.4) is 0 Å². The Hall–Kier alpha value is -0.870. The maximum absolute atomic E-state index is 13.3. The minimum Gasteiger partial charge on any atom is -0.393 e. The van der Waals surface area contributed by atoms with Crippen molar-refractivity contribution in [3.8, 4) is 0 Å². The third kappa shape index (κ3) is 5.39. The molecule has 218 valence electrons. The highest BCUT2D eigenvalue weighted by molar-refractivity contribution is 7.91. The SMILES string of the molecule is CC.CC.CC1C([C@H](C)CS(=O)(=O)c2ccccc2)C2(C)CCC3C(CCC4CC(O)CCC43C)C2[C@H]1C. The number of rotatable bonds is 4. The molecule has 4 saturated carbocycles. The third-order valence-electron chi connectivity index (χ3n) is 11.9. The molecule has 0 amide bonds. The lowest BCUT2D eigenvalue weighted by Crippen LogP contribution is -2.55. The first-order valence-electron chi connectivity index (χ1n) is 15.9. The summed E-state index contributed by atoms with van der Waals surface area (Å²) in [6.07, 6.45) is 8.16. The molecule has 0 heterocycles. The summed E-state index contributed by atoms with van der Waals surface area (Å²) in [6.45, 7) is 20.2. The number of benzene rings is 1. The number of sulfone groups is 1. The van der Waals surface area contributed by atoms with Crippen LogP contribution in [-0.2, 0) is 9.84 Å². The zero-order valence-electron chi connectivity index (χ0n) is 25.9. The van der Waals surface area contributed by atoms with E-state index in [9.17, 15) is 13.5 Å². The van der Waals surface area contributed by atoms with E-state index in [-0.39, 0.29) is 23.2 Å². The van der Waals surface area contributed by atoms with Crippen molar-refractivity contribution < 1.29 is 13.5 Å². The molecule has 3 nitrogen and oxygen atoms in total. The van der Waals surface area contributed by atoms with Gasteiger partial charge in [-0.1, -0.05) is 80.5 Å². The molecule has 1 aromatic rings. The standard InChI is InChI=1S/C30H46O3S.2C2H6/c1-19(18-34(32,33)24-9-7-6-8-10-24)27-20(2)21(3)28-25-12-11-22-17-23(31)13-15-29(22,4)26(25)14-16-30(27,28)5;2*1-2/h6-10,19-23,25-28,31H,11-18H2,1-5H3;2*1-2H3/t19-,20?,21+,22?,23?,25?,26?,27?,28?,29?,30?;;/m1../s1. The van der Waals surface area contributed by atoms with Gasteiger partial charge in [0.2, 0.25) is 0 Å². The Bertz CT molecular complexity index is 990. The van der Waals surface area contributed by atoms with E-state index in [0.717, 1.165) is 24.7 Å². The maximum atomic E-state index is 13.3. The molecule has 11 atom stereocenters. The molecule has 0 bridgehead atoms. The zero-order valence-corrected chi connectivity index (χ0v) is 26.7. The molecule has 4 fully saturated rings. The summed E-state index contributed by atoms with van der Waals surface area (Å²) in [7, 11) is -3.28. The lowest BCUT2D eigenvalue weighted by Gasteiger charge is -2.61. The molecule has 9 unspecified atom stereocenters. The summed E-state index contributed by atoms with van der Waals surface area (Å²) in [5.74, 6) is 4.96.